The number of nitrogen functional groups attached to an aromatic ring is 2. The van der Waals surface area contributed by atoms with Crippen LogP contribution in [0.3, 0.4) is 0 Å². The van der Waals surface area contributed by atoms with Crippen molar-refractivity contribution < 1.29 is 0 Å². The lowest BCUT2D eigenvalue weighted by Gasteiger charge is -2.56. The lowest BCUT2D eigenvalue weighted by atomic mass is 9.49. The number of nitrogens with zero attached hydrogens (tertiary/aromatic N) is 2. The zero-order valence-corrected chi connectivity index (χ0v) is 10.1. The number of rotatable bonds is 1. The lowest BCUT2D eigenvalue weighted by Crippen LogP contribution is -2.48. The van der Waals surface area contributed by atoms with Crippen LogP contribution < -0.4 is 11.6 Å². The minimum absolute atomic E-state index is 0.313. The van der Waals surface area contributed by atoms with Gasteiger partial charge in [0, 0.05) is 11.5 Å². The normalized spacial score (nSPS) is 43.2. The fourth-order valence-corrected chi connectivity index (χ4v) is 5.09. The van der Waals surface area contributed by atoms with Gasteiger partial charge in [0.25, 0.3) is 0 Å². The van der Waals surface area contributed by atoms with E-state index in [1.54, 1.807) is 0 Å². The first-order valence-electron chi connectivity index (χ1n) is 6.76. The van der Waals surface area contributed by atoms with Crippen LogP contribution in [0.1, 0.15) is 44.2 Å². The molecular weight excluding hydrogens is 212 g/mol. The monoisotopic (exact) mass is 232 g/mol. The molecule has 4 heteroatoms. The summed E-state index contributed by atoms with van der Waals surface area (Å²) >= 11 is 0. The summed E-state index contributed by atoms with van der Waals surface area (Å²) in [7, 11) is 0. The van der Waals surface area contributed by atoms with Gasteiger partial charge in [-0.1, -0.05) is 0 Å². The van der Waals surface area contributed by atoms with Crippen LogP contribution in [0.15, 0.2) is 6.07 Å². The molecule has 4 aliphatic carbocycles. The van der Waals surface area contributed by atoms with Crippen LogP contribution in [-0.4, -0.2) is 9.89 Å². The molecular formula is C13H20N4. The predicted molar refractivity (Wildman–Crippen MR) is 66.6 cm³/mol. The van der Waals surface area contributed by atoms with Crippen LogP contribution >= 0.6 is 0 Å². The fraction of sp³-hybridized carbons (Fsp3) is 0.769. The minimum Gasteiger partial charge on any atom is -0.382 e. The average Bonchev–Trinajstić information content (AvgIpc) is 2.58. The molecule has 1 aromatic heterocycles. The second-order valence-corrected chi connectivity index (χ2v) is 6.60. The van der Waals surface area contributed by atoms with Gasteiger partial charge in [-0.3, -0.25) is 0 Å². The molecule has 0 saturated heterocycles. The summed E-state index contributed by atoms with van der Waals surface area (Å²) in [5.74, 6) is 9.14. The van der Waals surface area contributed by atoms with Crippen LogP contribution in [0.2, 0.25) is 0 Å². The van der Waals surface area contributed by atoms with E-state index in [0.717, 1.165) is 23.4 Å². The predicted octanol–water partition coefficient (Wildman–Crippen LogP) is 1.65. The molecule has 1 aromatic rings. The number of aromatic nitrogens is 2. The van der Waals surface area contributed by atoms with Gasteiger partial charge in [-0.25, -0.2) is 0 Å². The van der Waals surface area contributed by atoms with E-state index < -0.39 is 0 Å². The van der Waals surface area contributed by atoms with E-state index in [4.69, 9.17) is 11.6 Å². The highest BCUT2D eigenvalue weighted by Crippen LogP contribution is 2.60. The first-order valence-corrected chi connectivity index (χ1v) is 6.76. The molecule has 0 amide bonds. The Morgan fingerprint density at radius 3 is 2.06 bits per heavy atom. The van der Waals surface area contributed by atoms with Crippen molar-refractivity contribution in [3.8, 4) is 0 Å². The largest absolute Gasteiger partial charge is 0.382 e. The molecule has 1 heterocycles. The highest BCUT2D eigenvalue weighted by molar-refractivity contribution is 5.36. The van der Waals surface area contributed by atoms with E-state index in [2.05, 4.69) is 5.10 Å². The fourth-order valence-electron chi connectivity index (χ4n) is 5.09. The van der Waals surface area contributed by atoms with Gasteiger partial charge in [-0.05, 0) is 56.3 Å². The topological polar surface area (TPSA) is 69.9 Å². The van der Waals surface area contributed by atoms with Crippen molar-refractivity contribution in [2.24, 2.45) is 17.8 Å². The summed E-state index contributed by atoms with van der Waals surface area (Å²) in [6, 6.07) is 2.01. The Hall–Kier alpha value is -1.19. The molecule has 4 fully saturated rings. The highest BCUT2D eigenvalue weighted by atomic mass is 15.5. The quantitative estimate of drug-likeness (QED) is 0.723. The molecule has 4 nitrogen and oxygen atoms in total. The number of hydrogen-bond acceptors (Lipinski definition) is 3. The molecule has 4 aliphatic rings. The van der Waals surface area contributed by atoms with Crippen LogP contribution in [0.5, 0.6) is 0 Å². The maximum Gasteiger partial charge on any atom is 0.144 e. The van der Waals surface area contributed by atoms with Gasteiger partial charge >= 0.3 is 0 Å². The molecule has 4 bridgehead atoms. The van der Waals surface area contributed by atoms with Crippen molar-refractivity contribution >= 4 is 5.82 Å². The molecule has 0 spiro atoms. The maximum atomic E-state index is 5.83. The summed E-state index contributed by atoms with van der Waals surface area (Å²) in [6.07, 6.45) is 8.31. The number of nitrogens with two attached hydrogens (primary N) is 2. The summed E-state index contributed by atoms with van der Waals surface area (Å²) in [5.41, 5.74) is 7.31. The zero-order valence-electron chi connectivity index (χ0n) is 10.1. The van der Waals surface area contributed by atoms with E-state index in [9.17, 15) is 0 Å². The number of anilines is 1. The Kier molecular flexibility index (Phi) is 1.72. The van der Waals surface area contributed by atoms with E-state index in [0.29, 0.717) is 11.2 Å². The van der Waals surface area contributed by atoms with Crippen LogP contribution in [0, 0.1) is 17.8 Å². The van der Waals surface area contributed by atoms with Gasteiger partial charge in [-0.15, -0.1) is 0 Å². The van der Waals surface area contributed by atoms with Gasteiger partial charge in [0.15, 0.2) is 0 Å². The van der Waals surface area contributed by atoms with E-state index in [-0.39, 0.29) is 0 Å². The van der Waals surface area contributed by atoms with Crippen LogP contribution in [-0.2, 0) is 5.41 Å². The molecule has 92 valence electrons. The van der Waals surface area contributed by atoms with Gasteiger partial charge in [0.1, 0.15) is 5.82 Å². The third-order valence-electron chi connectivity index (χ3n) is 5.35. The Morgan fingerprint density at radius 2 is 1.65 bits per heavy atom. The first-order chi connectivity index (χ1) is 8.14. The van der Waals surface area contributed by atoms with E-state index in [1.165, 1.54) is 43.3 Å². The second kappa shape index (κ2) is 2.98. The van der Waals surface area contributed by atoms with E-state index >= 15 is 0 Å². The Morgan fingerprint density at radius 1 is 1.12 bits per heavy atom. The third kappa shape index (κ3) is 1.27. The van der Waals surface area contributed by atoms with Crippen LogP contribution in [0.4, 0.5) is 5.82 Å². The zero-order chi connectivity index (χ0) is 11.6. The van der Waals surface area contributed by atoms with Gasteiger partial charge in [-0.2, -0.15) is 9.89 Å². The Bertz CT molecular complexity index is 407. The van der Waals surface area contributed by atoms with Crippen molar-refractivity contribution in [3.05, 3.63) is 11.8 Å². The SMILES string of the molecule is Nc1cc(C23CC4CC(CC(C4)C2)C3)nn1N. The molecule has 0 aromatic carbocycles. The highest BCUT2D eigenvalue weighted by Gasteiger charge is 2.52. The van der Waals surface area contributed by atoms with Gasteiger partial charge in [0.2, 0.25) is 0 Å². The van der Waals surface area contributed by atoms with Crippen molar-refractivity contribution in [2.45, 2.75) is 43.9 Å². The minimum atomic E-state index is 0.313. The molecule has 5 rings (SSSR count). The molecule has 0 atom stereocenters. The van der Waals surface area contributed by atoms with Crippen molar-refractivity contribution in [3.63, 3.8) is 0 Å². The van der Waals surface area contributed by atoms with Crippen molar-refractivity contribution in [1.29, 1.82) is 0 Å². The van der Waals surface area contributed by atoms with Crippen LogP contribution in [0.25, 0.3) is 0 Å². The van der Waals surface area contributed by atoms with Gasteiger partial charge < -0.3 is 11.6 Å². The summed E-state index contributed by atoms with van der Waals surface area (Å²) in [6.45, 7) is 0. The molecule has 4 N–H and O–H groups in total. The Labute approximate surface area is 101 Å². The molecule has 0 unspecified atom stereocenters. The summed E-state index contributed by atoms with van der Waals surface area (Å²) < 4.78 is 0. The Balaban J connectivity index is 1.77. The lowest BCUT2D eigenvalue weighted by molar-refractivity contribution is -0.00738. The van der Waals surface area contributed by atoms with Crippen molar-refractivity contribution in [1.82, 2.24) is 9.89 Å². The summed E-state index contributed by atoms with van der Waals surface area (Å²) in [5, 5.41) is 4.47. The molecule has 0 aliphatic heterocycles. The van der Waals surface area contributed by atoms with Crippen molar-refractivity contribution in [2.75, 3.05) is 11.6 Å². The maximum absolute atomic E-state index is 5.83. The second-order valence-electron chi connectivity index (χ2n) is 6.60. The molecule has 0 radical (unpaired) electrons. The standard InChI is InChI=1S/C13H20N4/c14-12-4-11(16-17(12)15)13-5-8-1-9(6-13)3-10(2-8)7-13/h4,8-10H,1-3,5-7,14-15H2. The van der Waals surface area contributed by atoms with Gasteiger partial charge in [0.05, 0.1) is 5.69 Å². The summed E-state index contributed by atoms with van der Waals surface area (Å²) in [4.78, 5) is 1.34. The molecule has 4 saturated carbocycles. The number of hydrogen-bond donors (Lipinski definition) is 2. The smallest absolute Gasteiger partial charge is 0.144 e. The molecule has 17 heavy (non-hydrogen) atoms. The first kappa shape index (κ1) is 9.80. The average molecular weight is 232 g/mol. The third-order valence-corrected chi connectivity index (χ3v) is 5.35. The van der Waals surface area contributed by atoms with E-state index in [1.807, 2.05) is 6.07 Å².